The molecule has 3 N–H and O–H groups in total. The van der Waals surface area contributed by atoms with Gasteiger partial charge in [0.15, 0.2) is 0 Å². The van der Waals surface area contributed by atoms with Crippen molar-refractivity contribution < 1.29 is 19.8 Å². The number of para-hydroxylation sites is 1. The van der Waals surface area contributed by atoms with Crippen LogP contribution in [0.4, 0.5) is 0 Å². The Hall–Kier alpha value is -2.82. The van der Waals surface area contributed by atoms with Crippen molar-refractivity contribution in [1.82, 2.24) is 5.32 Å². The van der Waals surface area contributed by atoms with Crippen molar-refractivity contribution >= 4 is 11.9 Å². The molecule has 2 aromatic carbocycles. The first-order valence-corrected chi connectivity index (χ1v) is 6.42. The minimum atomic E-state index is -1.06. The van der Waals surface area contributed by atoms with Crippen molar-refractivity contribution in [2.24, 2.45) is 0 Å². The van der Waals surface area contributed by atoms with E-state index in [9.17, 15) is 14.7 Å². The molecule has 0 aliphatic heterocycles. The number of amides is 1. The largest absolute Gasteiger partial charge is 0.508 e. The molecule has 5 nitrogen and oxygen atoms in total. The summed E-state index contributed by atoms with van der Waals surface area (Å²) in [6.45, 7) is 0.195. The highest BCUT2D eigenvalue weighted by Gasteiger charge is 2.12. The Morgan fingerprint density at radius 2 is 1.57 bits per heavy atom. The zero-order valence-corrected chi connectivity index (χ0v) is 11.2. The number of hydrogen-bond donors (Lipinski definition) is 3. The third kappa shape index (κ3) is 3.82. The molecule has 1 amide bonds. The first-order chi connectivity index (χ1) is 10.1. The number of nitrogens with one attached hydrogen (secondary N) is 1. The van der Waals surface area contributed by atoms with Gasteiger partial charge < -0.3 is 15.5 Å². The van der Waals surface area contributed by atoms with Gasteiger partial charge in [0, 0.05) is 12.1 Å². The number of aromatic hydroxyl groups is 1. The zero-order chi connectivity index (χ0) is 15.2. The van der Waals surface area contributed by atoms with E-state index in [2.05, 4.69) is 5.32 Å². The summed E-state index contributed by atoms with van der Waals surface area (Å²) in [6, 6.07) is 13.1. The van der Waals surface area contributed by atoms with Crippen LogP contribution in [-0.4, -0.2) is 22.1 Å². The lowest BCUT2D eigenvalue weighted by molar-refractivity contribution is -0.120. The first kappa shape index (κ1) is 14.6. The molecule has 0 spiro atoms. The summed E-state index contributed by atoms with van der Waals surface area (Å²) in [7, 11) is 0. The molecule has 5 heteroatoms. The van der Waals surface area contributed by atoms with Gasteiger partial charge in [-0.3, -0.25) is 4.79 Å². The third-order valence-corrected chi connectivity index (χ3v) is 3.07. The number of hydrogen-bond acceptors (Lipinski definition) is 3. The van der Waals surface area contributed by atoms with Gasteiger partial charge in [-0.15, -0.1) is 0 Å². The van der Waals surface area contributed by atoms with Crippen LogP contribution in [0.15, 0.2) is 48.5 Å². The lowest BCUT2D eigenvalue weighted by Gasteiger charge is -2.08. The van der Waals surface area contributed by atoms with Crippen LogP contribution < -0.4 is 5.32 Å². The SMILES string of the molecule is O=C(Cc1ccccc1C(=O)O)NCc1ccccc1O. The van der Waals surface area contributed by atoms with Crippen LogP contribution in [0.1, 0.15) is 21.5 Å². The highest BCUT2D eigenvalue weighted by Crippen LogP contribution is 2.15. The van der Waals surface area contributed by atoms with E-state index in [1.54, 1.807) is 42.5 Å². The predicted molar refractivity (Wildman–Crippen MR) is 77.1 cm³/mol. The monoisotopic (exact) mass is 285 g/mol. The Balaban J connectivity index is 2.00. The molecule has 21 heavy (non-hydrogen) atoms. The standard InChI is InChI=1S/C16H15NO4/c18-14-8-4-2-6-12(14)10-17-15(19)9-11-5-1-3-7-13(11)16(20)21/h1-8,18H,9-10H2,(H,17,19)(H,20,21). The molecule has 108 valence electrons. The maximum Gasteiger partial charge on any atom is 0.335 e. The van der Waals surface area contributed by atoms with E-state index in [4.69, 9.17) is 5.11 Å². The number of carboxylic acid groups (broad SMARTS) is 1. The first-order valence-electron chi connectivity index (χ1n) is 6.42. The van der Waals surface area contributed by atoms with Crippen LogP contribution in [0.2, 0.25) is 0 Å². The average molecular weight is 285 g/mol. The van der Waals surface area contributed by atoms with Crippen LogP contribution in [0.3, 0.4) is 0 Å². The second-order valence-corrected chi connectivity index (χ2v) is 4.54. The number of phenolic OH excluding ortho intramolecular Hbond substituents is 1. The molecule has 0 saturated heterocycles. The van der Waals surface area contributed by atoms with Gasteiger partial charge in [-0.05, 0) is 17.7 Å². The quantitative estimate of drug-likeness (QED) is 0.783. The summed E-state index contributed by atoms with van der Waals surface area (Å²) in [5.74, 6) is -1.24. The van der Waals surface area contributed by atoms with Crippen molar-refractivity contribution in [2.75, 3.05) is 0 Å². The van der Waals surface area contributed by atoms with E-state index >= 15 is 0 Å². The number of phenols is 1. The van der Waals surface area contributed by atoms with Gasteiger partial charge in [0.05, 0.1) is 12.0 Å². The molecule has 2 rings (SSSR count). The lowest BCUT2D eigenvalue weighted by Crippen LogP contribution is -2.25. The number of carbonyl (C=O) groups excluding carboxylic acids is 1. The fourth-order valence-electron chi connectivity index (χ4n) is 1.97. The van der Waals surface area contributed by atoms with Crippen LogP contribution >= 0.6 is 0 Å². The summed E-state index contributed by atoms with van der Waals surface area (Å²) in [4.78, 5) is 22.9. The van der Waals surface area contributed by atoms with Crippen molar-refractivity contribution in [3.63, 3.8) is 0 Å². The molecule has 0 unspecified atom stereocenters. The molecule has 0 atom stereocenters. The Labute approximate surface area is 121 Å². The van der Waals surface area contributed by atoms with E-state index in [1.807, 2.05) is 0 Å². The van der Waals surface area contributed by atoms with Gasteiger partial charge in [0.1, 0.15) is 5.75 Å². The summed E-state index contributed by atoms with van der Waals surface area (Å²) in [5, 5.41) is 21.3. The van der Waals surface area contributed by atoms with E-state index in [0.717, 1.165) is 0 Å². The zero-order valence-electron chi connectivity index (χ0n) is 11.2. The molecule has 2 aromatic rings. The Morgan fingerprint density at radius 3 is 2.24 bits per heavy atom. The number of benzene rings is 2. The van der Waals surface area contributed by atoms with E-state index in [0.29, 0.717) is 11.1 Å². The van der Waals surface area contributed by atoms with Gasteiger partial charge in [-0.2, -0.15) is 0 Å². The fourth-order valence-corrected chi connectivity index (χ4v) is 1.97. The topological polar surface area (TPSA) is 86.6 Å². The van der Waals surface area contributed by atoms with Crippen LogP contribution in [0, 0.1) is 0 Å². The number of rotatable bonds is 5. The van der Waals surface area contributed by atoms with Gasteiger partial charge in [0.2, 0.25) is 5.91 Å². The van der Waals surface area contributed by atoms with Crippen LogP contribution in [0.5, 0.6) is 5.75 Å². The normalized spacial score (nSPS) is 10.1. The molecule has 0 saturated carbocycles. The maximum absolute atomic E-state index is 11.9. The molecule has 0 aromatic heterocycles. The number of carboxylic acids is 1. The van der Waals surface area contributed by atoms with E-state index in [1.165, 1.54) is 6.07 Å². The van der Waals surface area contributed by atoms with Crippen molar-refractivity contribution in [1.29, 1.82) is 0 Å². The highest BCUT2D eigenvalue weighted by atomic mass is 16.4. The molecule has 0 aliphatic carbocycles. The Bertz CT molecular complexity index is 667. The minimum absolute atomic E-state index is 0.0178. The van der Waals surface area contributed by atoms with Gasteiger partial charge in [-0.1, -0.05) is 36.4 Å². The Kier molecular flexibility index (Phi) is 4.56. The Morgan fingerprint density at radius 1 is 0.952 bits per heavy atom. The maximum atomic E-state index is 11.9. The molecule has 0 fully saturated rings. The third-order valence-electron chi connectivity index (χ3n) is 3.07. The van der Waals surface area contributed by atoms with Crippen LogP contribution in [0.25, 0.3) is 0 Å². The van der Waals surface area contributed by atoms with Gasteiger partial charge in [0.25, 0.3) is 0 Å². The highest BCUT2D eigenvalue weighted by molar-refractivity contribution is 5.91. The number of carbonyl (C=O) groups is 2. The van der Waals surface area contributed by atoms with E-state index in [-0.39, 0.29) is 30.2 Å². The predicted octanol–water partition coefficient (Wildman–Crippen LogP) is 1.95. The summed E-state index contributed by atoms with van der Waals surface area (Å²) >= 11 is 0. The molecular formula is C16H15NO4. The van der Waals surface area contributed by atoms with Gasteiger partial charge >= 0.3 is 5.97 Å². The summed E-state index contributed by atoms with van der Waals surface area (Å²) < 4.78 is 0. The van der Waals surface area contributed by atoms with Crippen LogP contribution in [-0.2, 0) is 17.8 Å². The number of aromatic carboxylic acids is 1. The second kappa shape index (κ2) is 6.56. The van der Waals surface area contributed by atoms with E-state index < -0.39 is 5.97 Å². The van der Waals surface area contributed by atoms with Crippen molar-refractivity contribution in [3.8, 4) is 5.75 Å². The molecule has 0 bridgehead atoms. The molecular weight excluding hydrogens is 270 g/mol. The van der Waals surface area contributed by atoms with Crippen molar-refractivity contribution in [2.45, 2.75) is 13.0 Å². The second-order valence-electron chi connectivity index (χ2n) is 4.54. The lowest BCUT2D eigenvalue weighted by atomic mass is 10.0. The van der Waals surface area contributed by atoms with Gasteiger partial charge in [-0.25, -0.2) is 4.79 Å². The average Bonchev–Trinajstić information content (AvgIpc) is 2.47. The summed E-state index contributed by atoms with van der Waals surface area (Å²) in [6.07, 6.45) is -0.0178. The minimum Gasteiger partial charge on any atom is -0.508 e. The molecule has 0 radical (unpaired) electrons. The molecule has 0 heterocycles. The summed E-state index contributed by atoms with van der Waals surface area (Å²) in [5.41, 5.74) is 1.19. The smallest absolute Gasteiger partial charge is 0.335 e. The van der Waals surface area contributed by atoms with Crippen molar-refractivity contribution in [3.05, 3.63) is 65.2 Å². The molecule has 0 aliphatic rings. The fraction of sp³-hybridized carbons (Fsp3) is 0.125.